The smallest absolute Gasteiger partial charge is 0.302 e. The summed E-state index contributed by atoms with van der Waals surface area (Å²) >= 11 is 0. The maximum Gasteiger partial charge on any atom is 0.302 e. The van der Waals surface area contributed by atoms with E-state index >= 15 is 0 Å². The van der Waals surface area contributed by atoms with Crippen LogP contribution in [0.2, 0.25) is 0 Å². The Labute approximate surface area is 100 Å². The summed E-state index contributed by atoms with van der Waals surface area (Å²) in [6, 6.07) is 0. The van der Waals surface area contributed by atoms with Crippen LogP contribution in [-0.4, -0.2) is 12.1 Å². The van der Waals surface area contributed by atoms with Crippen molar-refractivity contribution >= 4 is 5.97 Å². The van der Waals surface area contributed by atoms with E-state index in [2.05, 4.69) is 13.5 Å². The minimum Gasteiger partial charge on any atom is -0.463 e. The number of allylic oxidation sites excluding steroid dienone is 1. The first-order valence-corrected chi connectivity index (χ1v) is 6.48. The molecule has 0 rings (SSSR count). The second-order valence-electron chi connectivity index (χ2n) is 4.30. The molecule has 0 saturated carbocycles. The first kappa shape index (κ1) is 15.2. The predicted octanol–water partition coefficient (Wildman–Crippen LogP) is 4.24. The van der Waals surface area contributed by atoms with Gasteiger partial charge in [0.05, 0.1) is 0 Å². The Bertz CT molecular complexity index is 187. The third kappa shape index (κ3) is 9.75. The Balaban J connectivity index is 3.71. The van der Waals surface area contributed by atoms with E-state index in [1.54, 1.807) is 0 Å². The highest BCUT2D eigenvalue weighted by molar-refractivity contribution is 5.66. The molecular weight excluding hydrogens is 200 g/mol. The molecule has 0 aliphatic rings. The van der Waals surface area contributed by atoms with Crippen molar-refractivity contribution in [2.75, 3.05) is 0 Å². The van der Waals surface area contributed by atoms with E-state index in [1.165, 1.54) is 32.6 Å². The monoisotopic (exact) mass is 226 g/mol. The van der Waals surface area contributed by atoms with E-state index < -0.39 is 0 Å². The average molecular weight is 226 g/mol. The summed E-state index contributed by atoms with van der Waals surface area (Å²) < 4.78 is 5.30. The van der Waals surface area contributed by atoms with Crippen LogP contribution in [0.1, 0.15) is 65.2 Å². The molecule has 2 nitrogen and oxygen atoms in total. The van der Waals surface area contributed by atoms with Gasteiger partial charge in [0.15, 0.2) is 0 Å². The first-order valence-electron chi connectivity index (χ1n) is 6.48. The minimum absolute atomic E-state index is 0.120. The average Bonchev–Trinajstić information content (AvgIpc) is 2.23. The van der Waals surface area contributed by atoms with Crippen molar-refractivity contribution in [1.82, 2.24) is 0 Å². The first-order chi connectivity index (χ1) is 7.70. The highest BCUT2D eigenvalue weighted by Gasteiger charge is 2.10. The highest BCUT2D eigenvalue weighted by Crippen LogP contribution is 2.14. The van der Waals surface area contributed by atoms with Crippen molar-refractivity contribution in [1.29, 1.82) is 0 Å². The van der Waals surface area contributed by atoms with Crippen molar-refractivity contribution in [3.63, 3.8) is 0 Å². The lowest BCUT2D eigenvalue weighted by Crippen LogP contribution is -2.16. The van der Waals surface area contributed by atoms with Gasteiger partial charge in [0, 0.05) is 6.92 Å². The van der Waals surface area contributed by atoms with Gasteiger partial charge in [0.1, 0.15) is 6.10 Å². The van der Waals surface area contributed by atoms with Crippen molar-refractivity contribution in [3.8, 4) is 0 Å². The predicted molar refractivity (Wildman–Crippen MR) is 68.4 cm³/mol. The Morgan fingerprint density at radius 1 is 1.25 bits per heavy atom. The van der Waals surface area contributed by atoms with Crippen molar-refractivity contribution in [3.05, 3.63) is 12.7 Å². The molecule has 0 saturated heterocycles. The van der Waals surface area contributed by atoms with E-state index in [9.17, 15) is 4.79 Å². The fourth-order valence-electron chi connectivity index (χ4n) is 1.79. The van der Waals surface area contributed by atoms with Crippen LogP contribution in [0, 0.1) is 0 Å². The SMILES string of the molecule is C=CCCCC(CCCCCC)OC(C)=O. The quantitative estimate of drug-likeness (QED) is 0.316. The van der Waals surface area contributed by atoms with E-state index in [1.807, 2.05) is 6.08 Å². The van der Waals surface area contributed by atoms with Gasteiger partial charge in [-0.25, -0.2) is 0 Å². The summed E-state index contributed by atoms with van der Waals surface area (Å²) in [5.41, 5.74) is 0. The molecule has 16 heavy (non-hydrogen) atoms. The van der Waals surface area contributed by atoms with Crippen LogP contribution >= 0.6 is 0 Å². The zero-order chi connectivity index (χ0) is 12.2. The lowest BCUT2D eigenvalue weighted by Gasteiger charge is -2.16. The van der Waals surface area contributed by atoms with Crippen LogP contribution in [0.5, 0.6) is 0 Å². The van der Waals surface area contributed by atoms with Crippen molar-refractivity contribution < 1.29 is 9.53 Å². The van der Waals surface area contributed by atoms with Crippen LogP contribution in [-0.2, 0) is 9.53 Å². The molecule has 1 unspecified atom stereocenters. The molecule has 1 atom stereocenters. The fourth-order valence-corrected chi connectivity index (χ4v) is 1.79. The molecule has 0 fully saturated rings. The minimum atomic E-state index is -0.154. The second-order valence-corrected chi connectivity index (χ2v) is 4.30. The van der Waals surface area contributed by atoms with Crippen molar-refractivity contribution in [2.24, 2.45) is 0 Å². The number of carbonyl (C=O) groups excluding carboxylic acids is 1. The molecule has 0 amide bonds. The third-order valence-electron chi connectivity index (χ3n) is 2.65. The lowest BCUT2D eigenvalue weighted by atomic mass is 10.0. The zero-order valence-corrected chi connectivity index (χ0v) is 10.8. The largest absolute Gasteiger partial charge is 0.463 e. The topological polar surface area (TPSA) is 26.3 Å². The normalized spacial score (nSPS) is 12.1. The molecule has 0 heterocycles. The number of hydrogen-bond acceptors (Lipinski definition) is 2. The summed E-state index contributed by atoms with van der Waals surface area (Å²) in [4.78, 5) is 10.9. The molecule has 0 N–H and O–H groups in total. The van der Waals surface area contributed by atoms with Crippen LogP contribution in [0.4, 0.5) is 0 Å². The molecule has 0 aromatic carbocycles. The van der Waals surface area contributed by atoms with Gasteiger partial charge in [-0.15, -0.1) is 6.58 Å². The number of esters is 1. The maximum atomic E-state index is 10.9. The van der Waals surface area contributed by atoms with E-state index in [-0.39, 0.29) is 12.1 Å². The molecule has 2 heteroatoms. The number of unbranched alkanes of at least 4 members (excludes halogenated alkanes) is 4. The maximum absolute atomic E-state index is 10.9. The highest BCUT2D eigenvalue weighted by atomic mass is 16.5. The van der Waals surface area contributed by atoms with Crippen LogP contribution < -0.4 is 0 Å². The molecular formula is C14H26O2. The summed E-state index contributed by atoms with van der Waals surface area (Å²) in [5.74, 6) is -0.154. The van der Waals surface area contributed by atoms with E-state index in [0.717, 1.165) is 25.7 Å². The second kappa shape index (κ2) is 10.7. The molecule has 0 bridgehead atoms. The van der Waals surface area contributed by atoms with Gasteiger partial charge in [-0.05, 0) is 32.1 Å². The lowest BCUT2D eigenvalue weighted by molar-refractivity contribution is -0.147. The fraction of sp³-hybridized carbons (Fsp3) is 0.786. The van der Waals surface area contributed by atoms with Crippen LogP contribution in [0.25, 0.3) is 0 Å². The summed E-state index contributed by atoms with van der Waals surface area (Å²) in [6.45, 7) is 7.39. The number of ether oxygens (including phenoxy) is 1. The van der Waals surface area contributed by atoms with Gasteiger partial charge in [-0.1, -0.05) is 32.3 Å². The molecule has 0 spiro atoms. The molecule has 0 aliphatic carbocycles. The Hall–Kier alpha value is -0.790. The van der Waals surface area contributed by atoms with Gasteiger partial charge >= 0.3 is 5.97 Å². The summed E-state index contributed by atoms with van der Waals surface area (Å²) in [6.07, 6.45) is 11.0. The zero-order valence-electron chi connectivity index (χ0n) is 10.8. The molecule has 0 radical (unpaired) electrons. The van der Waals surface area contributed by atoms with Gasteiger partial charge in [0.2, 0.25) is 0 Å². The number of carbonyl (C=O) groups is 1. The van der Waals surface area contributed by atoms with Gasteiger partial charge in [0.25, 0.3) is 0 Å². The molecule has 0 aromatic rings. The molecule has 0 aliphatic heterocycles. The van der Waals surface area contributed by atoms with E-state index in [4.69, 9.17) is 4.74 Å². The van der Waals surface area contributed by atoms with Gasteiger partial charge in [-0.3, -0.25) is 4.79 Å². The Morgan fingerprint density at radius 2 is 1.94 bits per heavy atom. The summed E-state index contributed by atoms with van der Waals surface area (Å²) in [7, 11) is 0. The number of rotatable bonds is 10. The number of hydrogen-bond donors (Lipinski definition) is 0. The molecule has 0 aromatic heterocycles. The summed E-state index contributed by atoms with van der Waals surface area (Å²) in [5, 5.41) is 0. The Kier molecular flexibility index (Phi) is 10.2. The van der Waals surface area contributed by atoms with Crippen molar-refractivity contribution in [2.45, 2.75) is 71.3 Å². The van der Waals surface area contributed by atoms with E-state index in [0.29, 0.717) is 0 Å². The van der Waals surface area contributed by atoms with Crippen LogP contribution in [0.15, 0.2) is 12.7 Å². The third-order valence-corrected chi connectivity index (χ3v) is 2.65. The molecule has 94 valence electrons. The standard InChI is InChI=1S/C14H26O2/c1-4-6-8-10-12-14(16-13(3)15)11-9-7-5-2/h5,14H,2,4,6-12H2,1,3H3. The van der Waals surface area contributed by atoms with Crippen LogP contribution in [0.3, 0.4) is 0 Å². The van der Waals surface area contributed by atoms with Gasteiger partial charge < -0.3 is 4.74 Å². The Morgan fingerprint density at radius 3 is 2.50 bits per heavy atom. The van der Waals surface area contributed by atoms with Gasteiger partial charge in [-0.2, -0.15) is 0 Å².